The van der Waals surface area contributed by atoms with Crippen molar-refractivity contribution in [2.24, 2.45) is 0 Å². The fourth-order valence-electron chi connectivity index (χ4n) is 2.82. The standard InChI is InChI=1S/C18H20N2O/c21-18(15-5-2-1-3-6-15)20-17-8-4-7-16(13-17)14-9-11-19-12-10-14/h1-8,13-14,19H,9-12H2,(H,20,21). The molecule has 1 amide bonds. The van der Waals surface area contributed by atoms with Gasteiger partial charge in [0.25, 0.3) is 5.91 Å². The molecule has 3 rings (SSSR count). The lowest BCUT2D eigenvalue weighted by atomic mass is 9.90. The lowest BCUT2D eigenvalue weighted by Gasteiger charge is -2.23. The second kappa shape index (κ2) is 6.55. The second-order valence-electron chi connectivity index (χ2n) is 5.47. The minimum absolute atomic E-state index is 0.0574. The van der Waals surface area contributed by atoms with Gasteiger partial charge in [-0.1, -0.05) is 30.3 Å². The Labute approximate surface area is 125 Å². The van der Waals surface area contributed by atoms with E-state index in [-0.39, 0.29) is 5.91 Å². The molecule has 1 saturated heterocycles. The molecule has 1 aliphatic rings. The Morgan fingerprint density at radius 1 is 1.00 bits per heavy atom. The summed E-state index contributed by atoms with van der Waals surface area (Å²) in [6, 6.07) is 17.6. The van der Waals surface area contributed by atoms with Gasteiger partial charge in [0, 0.05) is 11.3 Å². The molecule has 0 unspecified atom stereocenters. The molecule has 0 aromatic heterocycles. The third kappa shape index (κ3) is 3.50. The lowest BCUT2D eigenvalue weighted by Crippen LogP contribution is -2.26. The van der Waals surface area contributed by atoms with E-state index in [0.717, 1.165) is 31.6 Å². The smallest absolute Gasteiger partial charge is 0.255 e. The molecular formula is C18H20N2O. The van der Waals surface area contributed by atoms with Crippen molar-refractivity contribution in [1.82, 2.24) is 5.32 Å². The summed E-state index contributed by atoms with van der Waals surface area (Å²) in [6.45, 7) is 2.15. The van der Waals surface area contributed by atoms with Crippen molar-refractivity contribution in [2.75, 3.05) is 18.4 Å². The van der Waals surface area contributed by atoms with Crippen LogP contribution in [0.25, 0.3) is 0 Å². The fraction of sp³-hybridized carbons (Fsp3) is 0.278. The van der Waals surface area contributed by atoms with Crippen molar-refractivity contribution in [3.8, 4) is 0 Å². The average molecular weight is 280 g/mol. The van der Waals surface area contributed by atoms with E-state index >= 15 is 0 Å². The molecule has 21 heavy (non-hydrogen) atoms. The predicted molar refractivity (Wildman–Crippen MR) is 85.7 cm³/mol. The van der Waals surface area contributed by atoms with Crippen molar-refractivity contribution in [3.63, 3.8) is 0 Å². The summed E-state index contributed by atoms with van der Waals surface area (Å²) < 4.78 is 0. The molecule has 1 aliphatic heterocycles. The van der Waals surface area contributed by atoms with E-state index in [1.165, 1.54) is 5.56 Å². The molecule has 3 nitrogen and oxygen atoms in total. The Morgan fingerprint density at radius 3 is 2.52 bits per heavy atom. The van der Waals surface area contributed by atoms with Crippen LogP contribution in [-0.4, -0.2) is 19.0 Å². The summed E-state index contributed by atoms with van der Waals surface area (Å²) >= 11 is 0. The van der Waals surface area contributed by atoms with Crippen molar-refractivity contribution >= 4 is 11.6 Å². The minimum atomic E-state index is -0.0574. The molecule has 1 heterocycles. The van der Waals surface area contributed by atoms with Gasteiger partial charge in [-0.25, -0.2) is 0 Å². The van der Waals surface area contributed by atoms with Crippen LogP contribution in [0.15, 0.2) is 54.6 Å². The van der Waals surface area contributed by atoms with Gasteiger partial charge in [0.05, 0.1) is 0 Å². The van der Waals surface area contributed by atoms with Crippen molar-refractivity contribution in [3.05, 3.63) is 65.7 Å². The van der Waals surface area contributed by atoms with Crippen LogP contribution in [0.5, 0.6) is 0 Å². The van der Waals surface area contributed by atoms with Crippen LogP contribution < -0.4 is 10.6 Å². The molecular weight excluding hydrogens is 260 g/mol. The van der Waals surface area contributed by atoms with E-state index < -0.39 is 0 Å². The largest absolute Gasteiger partial charge is 0.322 e. The van der Waals surface area contributed by atoms with Crippen LogP contribution >= 0.6 is 0 Å². The number of rotatable bonds is 3. The van der Waals surface area contributed by atoms with Crippen LogP contribution in [0.1, 0.15) is 34.7 Å². The monoisotopic (exact) mass is 280 g/mol. The highest BCUT2D eigenvalue weighted by Crippen LogP contribution is 2.27. The number of piperidine rings is 1. The number of nitrogens with one attached hydrogen (secondary N) is 2. The van der Waals surface area contributed by atoms with E-state index in [9.17, 15) is 4.79 Å². The van der Waals surface area contributed by atoms with Gasteiger partial charge in [-0.2, -0.15) is 0 Å². The van der Waals surface area contributed by atoms with Gasteiger partial charge >= 0.3 is 0 Å². The van der Waals surface area contributed by atoms with E-state index in [2.05, 4.69) is 22.8 Å². The van der Waals surface area contributed by atoms with E-state index in [1.54, 1.807) is 0 Å². The molecule has 0 atom stereocenters. The molecule has 1 fully saturated rings. The quantitative estimate of drug-likeness (QED) is 0.904. The van der Waals surface area contributed by atoms with Gasteiger partial charge < -0.3 is 10.6 Å². The van der Waals surface area contributed by atoms with Crippen LogP contribution in [0.2, 0.25) is 0 Å². The SMILES string of the molecule is O=C(Nc1cccc(C2CCNCC2)c1)c1ccccc1. The maximum absolute atomic E-state index is 12.2. The Balaban J connectivity index is 1.72. The Kier molecular flexibility index (Phi) is 4.31. The average Bonchev–Trinajstić information content (AvgIpc) is 2.57. The molecule has 108 valence electrons. The molecule has 2 N–H and O–H groups in total. The lowest BCUT2D eigenvalue weighted by molar-refractivity contribution is 0.102. The highest BCUT2D eigenvalue weighted by atomic mass is 16.1. The number of anilines is 1. The maximum Gasteiger partial charge on any atom is 0.255 e. The first-order chi connectivity index (χ1) is 10.3. The van der Waals surface area contributed by atoms with E-state index in [4.69, 9.17) is 0 Å². The van der Waals surface area contributed by atoms with Crippen molar-refractivity contribution < 1.29 is 4.79 Å². The van der Waals surface area contributed by atoms with Gasteiger partial charge in [-0.15, -0.1) is 0 Å². The van der Waals surface area contributed by atoms with Gasteiger partial charge in [0.1, 0.15) is 0 Å². The summed E-state index contributed by atoms with van der Waals surface area (Å²) in [6.07, 6.45) is 2.33. The number of amides is 1. The zero-order chi connectivity index (χ0) is 14.5. The summed E-state index contributed by atoms with van der Waals surface area (Å²) in [5.74, 6) is 0.540. The topological polar surface area (TPSA) is 41.1 Å². The number of carbonyl (C=O) groups excluding carboxylic acids is 1. The highest BCUT2D eigenvalue weighted by molar-refractivity contribution is 6.04. The maximum atomic E-state index is 12.2. The van der Waals surface area contributed by atoms with Crippen LogP contribution in [-0.2, 0) is 0 Å². The van der Waals surface area contributed by atoms with E-state index in [1.807, 2.05) is 42.5 Å². The summed E-state index contributed by atoms with van der Waals surface area (Å²) in [5.41, 5.74) is 2.88. The molecule has 0 aliphatic carbocycles. The van der Waals surface area contributed by atoms with E-state index in [0.29, 0.717) is 11.5 Å². The summed E-state index contributed by atoms with van der Waals surface area (Å²) in [4.78, 5) is 12.2. The Bertz CT molecular complexity index is 604. The van der Waals surface area contributed by atoms with Crippen LogP contribution in [0.3, 0.4) is 0 Å². The van der Waals surface area contributed by atoms with Gasteiger partial charge in [0.15, 0.2) is 0 Å². The first-order valence-corrected chi connectivity index (χ1v) is 7.50. The molecule has 2 aromatic carbocycles. The zero-order valence-electron chi connectivity index (χ0n) is 12.0. The third-order valence-electron chi connectivity index (χ3n) is 3.99. The number of carbonyl (C=O) groups is 1. The number of hydrogen-bond acceptors (Lipinski definition) is 2. The molecule has 0 spiro atoms. The fourth-order valence-corrected chi connectivity index (χ4v) is 2.82. The third-order valence-corrected chi connectivity index (χ3v) is 3.99. The minimum Gasteiger partial charge on any atom is -0.322 e. The Hall–Kier alpha value is -2.13. The normalized spacial score (nSPS) is 15.6. The molecule has 0 bridgehead atoms. The van der Waals surface area contributed by atoms with Crippen molar-refractivity contribution in [2.45, 2.75) is 18.8 Å². The van der Waals surface area contributed by atoms with Crippen LogP contribution in [0, 0.1) is 0 Å². The predicted octanol–water partition coefficient (Wildman–Crippen LogP) is 3.41. The van der Waals surface area contributed by atoms with Crippen molar-refractivity contribution in [1.29, 1.82) is 0 Å². The number of benzene rings is 2. The first-order valence-electron chi connectivity index (χ1n) is 7.50. The Morgan fingerprint density at radius 2 is 1.76 bits per heavy atom. The second-order valence-corrected chi connectivity index (χ2v) is 5.47. The molecule has 2 aromatic rings. The summed E-state index contributed by atoms with van der Waals surface area (Å²) in [5, 5.41) is 6.37. The molecule has 3 heteroatoms. The number of hydrogen-bond donors (Lipinski definition) is 2. The van der Waals surface area contributed by atoms with Crippen LogP contribution in [0.4, 0.5) is 5.69 Å². The van der Waals surface area contributed by atoms with Gasteiger partial charge in [-0.05, 0) is 61.7 Å². The van der Waals surface area contributed by atoms with Gasteiger partial charge in [0.2, 0.25) is 0 Å². The molecule has 0 radical (unpaired) electrons. The summed E-state index contributed by atoms with van der Waals surface area (Å²) in [7, 11) is 0. The molecule has 0 saturated carbocycles. The highest BCUT2D eigenvalue weighted by Gasteiger charge is 2.15. The van der Waals surface area contributed by atoms with Gasteiger partial charge in [-0.3, -0.25) is 4.79 Å². The first kappa shape index (κ1) is 13.8. The zero-order valence-corrected chi connectivity index (χ0v) is 12.0.